The van der Waals surface area contributed by atoms with E-state index in [2.05, 4.69) is 38.1 Å². The van der Waals surface area contributed by atoms with Crippen LogP contribution < -0.4 is 10.6 Å². The summed E-state index contributed by atoms with van der Waals surface area (Å²) in [6.45, 7) is 3.35. The van der Waals surface area contributed by atoms with Gasteiger partial charge in [0.15, 0.2) is 0 Å². The van der Waals surface area contributed by atoms with E-state index in [1.807, 2.05) is 24.0 Å². The third kappa shape index (κ3) is 3.71. The van der Waals surface area contributed by atoms with Gasteiger partial charge in [-0.3, -0.25) is 14.9 Å². The van der Waals surface area contributed by atoms with Crippen molar-refractivity contribution in [1.29, 1.82) is 5.26 Å². The van der Waals surface area contributed by atoms with Crippen molar-refractivity contribution in [3.05, 3.63) is 29.2 Å². The summed E-state index contributed by atoms with van der Waals surface area (Å²) in [5, 5.41) is 19.6. The molecule has 8 nitrogen and oxygen atoms in total. The van der Waals surface area contributed by atoms with Crippen LogP contribution >= 0.6 is 11.5 Å². The summed E-state index contributed by atoms with van der Waals surface area (Å²) < 4.78 is 6.02. The minimum Gasteiger partial charge on any atom is -0.337 e. The van der Waals surface area contributed by atoms with Crippen LogP contribution in [0.25, 0.3) is 0 Å². The SMILES string of the molecule is Cc1nsc(NC(=O)NC[C@@H]2CCCN(C)[C@H]2c2ccnn2C)c1C#N. The summed E-state index contributed by atoms with van der Waals surface area (Å²) in [4.78, 5) is 14.6. The molecule has 1 fully saturated rings. The van der Waals surface area contributed by atoms with Gasteiger partial charge < -0.3 is 5.32 Å². The number of carbonyl (C=O) groups is 1. The summed E-state index contributed by atoms with van der Waals surface area (Å²) in [6.07, 6.45) is 3.96. The molecule has 2 aromatic rings. The Hall–Kier alpha value is -2.44. The molecule has 0 spiro atoms. The van der Waals surface area contributed by atoms with Gasteiger partial charge in [0.05, 0.1) is 17.4 Å². The van der Waals surface area contributed by atoms with Gasteiger partial charge in [-0.15, -0.1) is 0 Å². The van der Waals surface area contributed by atoms with Crippen molar-refractivity contribution in [3.8, 4) is 6.07 Å². The van der Waals surface area contributed by atoms with Crippen LogP contribution in [0.15, 0.2) is 12.3 Å². The summed E-state index contributed by atoms with van der Waals surface area (Å²) in [5.74, 6) is 0.300. The first-order valence-electron chi connectivity index (χ1n) is 8.60. The quantitative estimate of drug-likeness (QED) is 0.856. The predicted molar refractivity (Wildman–Crippen MR) is 99.9 cm³/mol. The lowest BCUT2D eigenvalue weighted by Gasteiger charge is -2.39. The molecule has 1 aliphatic heterocycles. The number of urea groups is 1. The van der Waals surface area contributed by atoms with Crippen molar-refractivity contribution in [2.45, 2.75) is 25.8 Å². The second-order valence-corrected chi connectivity index (χ2v) is 7.40. The van der Waals surface area contributed by atoms with Gasteiger partial charge in [-0.05, 0) is 56.9 Å². The highest BCUT2D eigenvalue weighted by Crippen LogP contribution is 2.34. The van der Waals surface area contributed by atoms with Crippen LogP contribution in [0, 0.1) is 24.2 Å². The molecule has 2 amide bonds. The Morgan fingerprint density at radius 2 is 2.31 bits per heavy atom. The van der Waals surface area contributed by atoms with Crippen molar-refractivity contribution >= 4 is 22.6 Å². The van der Waals surface area contributed by atoms with E-state index >= 15 is 0 Å². The highest BCUT2D eigenvalue weighted by Gasteiger charge is 2.32. The number of aromatic nitrogens is 3. The molecule has 1 saturated heterocycles. The molecule has 1 aliphatic rings. The predicted octanol–water partition coefficient (Wildman–Crippen LogP) is 2.26. The van der Waals surface area contributed by atoms with Crippen molar-refractivity contribution < 1.29 is 4.79 Å². The smallest absolute Gasteiger partial charge is 0.319 e. The van der Waals surface area contributed by atoms with E-state index in [9.17, 15) is 4.79 Å². The number of likely N-dealkylation sites (tertiary alicyclic amines) is 1. The number of aryl methyl sites for hydroxylation is 2. The zero-order valence-electron chi connectivity index (χ0n) is 15.2. The van der Waals surface area contributed by atoms with Gasteiger partial charge in [-0.1, -0.05) is 0 Å². The number of nitrogens with one attached hydrogen (secondary N) is 2. The molecule has 3 rings (SSSR count). The summed E-state index contributed by atoms with van der Waals surface area (Å²) in [6, 6.07) is 4.04. The Morgan fingerprint density at radius 1 is 1.50 bits per heavy atom. The number of hydrogen-bond donors (Lipinski definition) is 2. The molecule has 2 aromatic heterocycles. The van der Waals surface area contributed by atoms with Crippen LogP contribution in [-0.2, 0) is 7.05 Å². The standard InChI is InChI=1S/C17H23N7OS/c1-11-13(9-18)16(26-22-11)21-17(25)19-10-12-5-4-8-23(2)15(12)14-6-7-20-24(14)3/h6-7,12,15H,4-5,8,10H2,1-3H3,(H2,19,21,25)/t12-,15+/m0/s1. The molecule has 0 aromatic carbocycles. The van der Waals surface area contributed by atoms with Gasteiger partial charge in [0.2, 0.25) is 0 Å². The van der Waals surface area contributed by atoms with Crippen LogP contribution in [0.4, 0.5) is 9.80 Å². The lowest BCUT2D eigenvalue weighted by molar-refractivity contribution is 0.114. The van der Waals surface area contributed by atoms with Gasteiger partial charge in [-0.25, -0.2) is 4.79 Å². The highest BCUT2D eigenvalue weighted by molar-refractivity contribution is 7.10. The average molecular weight is 373 g/mol. The Balaban J connectivity index is 1.64. The number of amides is 2. The largest absolute Gasteiger partial charge is 0.337 e. The zero-order chi connectivity index (χ0) is 18.7. The maximum Gasteiger partial charge on any atom is 0.319 e. The first-order chi connectivity index (χ1) is 12.5. The topological polar surface area (TPSA) is 98.9 Å². The van der Waals surface area contributed by atoms with Crippen LogP contribution in [0.5, 0.6) is 0 Å². The van der Waals surface area contributed by atoms with E-state index in [0.29, 0.717) is 28.7 Å². The maximum atomic E-state index is 12.3. The fourth-order valence-electron chi connectivity index (χ4n) is 3.57. The third-order valence-corrected chi connectivity index (χ3v) is 5.75. The van der Waals surface area contributed by atoms with Crippen LogP contribution in [0.2, 0.25) is 0 Å². The van der Waals surface area contributed by atoms with Crippen molar-refractivity contribution in [1.82, 2.24) is 24.4 Å². The molecular weight excluding hydrogens is 350 g/mol. The third-order valence-electron chi connectivity index (χ3n) is 4.90. The van der Waals surface area contributed by atoms with Gasteiger partial charge in [0.1, 0.15) is 16.6 Å². The fourth-order valence-corrected chi connectivity index (χ4v) is 4.32. The van der Waals surface area contributed by atoms with Gasteiger partial charge in [-0.2, -0.15) is 14.7 Å². The number of nitriles is 1. The molecule has 0 bridgehead atoms. The molecule has 3 heterocycles. The second kappa shape index (κ2) is 7.85. The van der Waals surface area contributed by atoms with Crippen molar-refractivity contribution in [2.75, 3.05) is 25.5 Å². The molecule has 0 saturated carbocycles. The van der Waals surface area contributed by atoms with Crippen LogP contribution in [0.1, 0.15) is 35.8 Å². The maximum absolute atomic E-state index is 12.3. The number of carbonyl (C=O) groups excluding carboxylic acids is 1. The lowest BCUT2D eigenvalue weighted by atomic mass is 9.87. The lowest BCUT2D eigenvalue weighted by Crippen LogP contribution is -2.43. The van der Waals surface area contributed by atoms with E-state index in [0.717, 1.165) is 36.6 Å². The molecule has 2 atom stereocenters. The Morgan fingerprint density at radius 3 is 3.00 bits per heavy atom. The molecular formula is C17H23N7OS. The van der Waals surface area contributed by atoms with Gasteiger partial charge in [0.25, 0.3) is 0 Å². The number of anilines is 1. The number of piperidine rings is 1. The summed E-state index contributed by atoms with van der Waals surface area (Å²) >= 11 is 1.13. The zero-order valence-corrected chi connectivity index (χ0v) is 16.0. The second-order valence-electron chi connectivity index (χ2n) is 6.63. The molecule has 0 aliphatic carbocycles. The first-order valence-corrected chi connectivity index (χ1v) is 9.38. The normalized spacial score (nSPS) is 20.5. The Labute approximate surface area is 157 Å². The highest BCUT2D eigenvalue weighted by atomic mass is 32.1. The molecule has 0 radical (unpaired) electrons. The molecule has 26 heavy (non-hydrogen) atoms. The van der Waals surface area contributed by atoms with E-state index in [4.69, 9.17) is 5.26 Å². The average Bonchev–Trinajstić information content (AvgIpc) is 3.18. The van der Waals surface area contributed by atoms with Crippen molar-refractivity contribution in [2.24, 2.45) is 13.0 Å². The summed E-state index contributed by atoms with van der Waals surface area (Å²) in [5.41, 5.74) is 2.22. The van der Waals surface area contributed by atoms with E-state index in [1.165, 1.54) is 0 Å². The van der Waals surface area contributed by atoms with Crippen LogP contribution in [0.3, 0.4) is 0 Å². The molecule has 2 N–H and O–H groups in total. The minimum atomic E-state index is -0.304. The monoisotopic (exact) mass is 373 g/mol. The Kier molecular flexibility index (Phi) is 5.54. The summed E-state index contributed by atoms with van der Waals surface area (Å²) in [7, 11) is 4.06. The van der Waals surface area contributed by atoms with Gasteiger partial charge in [0, 0.05) is 19.8 Å². The van der Waals surface area contributed by atoms with Crippen molar-refractivity contribution in [3.63, 3.8) is 0 Å². The van der Waals surface area contributed by atoms with Crippen LogP contribution in [-0.4, -0.2) is 45.2 Å². The fraction of sp³-hybridized carbons (Fsp3) is 0.529. The van der Waals surface area contributed by atoms with E-state index in [-0.39, 0.29) is 12.1 Å². The number of rotatable bonds is 4. The molecule has 138 valence electrons. The molecule has 9 heteroatoms. The van der Waals surface area contributed by atoms with E-state index in [1.54, 1.807) is 6.92 Å². The number of hydrogen-bond acceptors (Lipinski definition) is 6. The first kappa shape index (κ1) is 18.4. The van der Waals surface area contributed by atoms with Gasteiger partial charge >= 0.3 is 6.03 Å². The minimum absolute atomic E-state index is 0.219. The van der Waals surface area contributed by atoms with E-state index < -0.39 is 0 Å². The molecule has 0 unspecified atom stereocenters. The number of nitrogens with zero attached hydrogens (tertiary/aromatic N) is 5. The Bertz CT molecular complexity index is 821.